The minimum absolute atomic E-state index is 0.378. The average molecular weight is 348 g/mol. The molecule has 0 spiro atoms. The molecule has 4 rings (SSSR count). The van der Waals surface area contributed by atoms with Gasteiger partial charge in [0.25, 0.3) is 0 Å². The molecule has 0 radical (unpaired) electrons. The van der Waals surface area contributed by atoms with Gasteiger partial charge in [-0.05, 0) is 71.2 Å². The van der Waals surface area contributed by atoms with Gasteiger partial charge in [-0.1, -0.05) is 55.8 Å². The third-order valence-electron chi connectivity index (χ3n) is 5.10. The van der Waals surface area contributed by atoms with Crippen molar-refractivity contribution in [3.63, 3.8) is 0 Å². The zero-order valence-corrected chi connectivity index (χ0v) is 15.7. The number of hydrogen-bond acceptors (Lipinski definition) is 1. The summed E-state index contributed by atoms with van der Waals surface area (Å²) >= 11 is 6.01. The van der Waals surface area contributed by atoms with Crippen LogP contribution in [0.4, 0.5) is 0 Å². The van der Waals surface area contributed by atoms with Crippen LogP contribution in [0.5, 0.6) is 0 Å². The zero-order chi connectivity index (χ0) is 17.6. The fourth-order valence-corrected chi connectivity index (χ4v) is 3.96. The highest BCUT2D eigenvalue weighted by Crippen LogP contribution is 2.38. The highest BCUT2D eigenvalue weighted by Gasteiger charge is 2.28. The molecule has 0 amide bonds. The second-order valence-corrected chi connectivity index (χ2v) is 8.33. The Labute approximate surface area is 154 Å². The third-order valence-corrected chi connectivity index (χ3v) is 5.35. The first-order valence-electron chi connectivity index (χ1n) is 8.76. The van der Waals surface area contributed by atoms with Crippen molar-refractivity contribution >= 4 is 11.6 Å². The molecule has 1 aromatic heterocycles. The molecule has 0 N–H and O–H groups in total. The van der Waals surface area contributed by atoms with Gasteiger partial charge in [0.05, 0.1) is 5.69 Å². The minimum atomic E-state index is 0.378. The lowest BCUT2D eigenvalue weighted by molar-refractivity contribution is 0.392. The maximum Gasteiger partial charge on any atom is 0.0708 e. The van der Waals surface area contributed by atoms with Gasteiger partial charge >= 0.3 is 0 Å². The van der Waals surface area contributed by atoms with E-state index in [1.54, 1.807) is 0 Å². The summed E-state index contributed by atoms with van der Waals surface area (Å²) in [5.41, 5.74) is 9.19. The van der Waals surface area contributed by atoms with E-state index in [-0.39, 0.29) is 0 Å². The van der Waals surface area contributed by atoms with E-state index in [1.165, 1.54) is 34.2 Å². The van der Waals surface area contributed by atoms with E-state index >= 15 is 0 Å². The van der Waals surface area contributed by atoms with Gasteiger partial charge in [-0.15, -0.1) is 0 Å². The van der Waals surface area contributed by atoms with E-state index in [2.05, 4.69) is 50.0 Å². The number of aryl methyl sites for hydroxylation is 1. The van der Waals surface area contributed by atoms with Gasteiger partial charge in [0.15, 0.2) is 0 Å². The van der Waals surface area contributed by atoms with E-state index in [4.69, 9.17) is 11.6 Å². The molecule has 1 heterocycles. The Hall–Kier alpha value is -2.12. The van der Waals surface area contributed by atoms with Crippen LogP contribution in [0.15, 0.2) is 54.7 Å². The molecule has 1 aliphatic rings. The predicted molar refractivity (Wildman–Crippen MR) is 106 cm³/mol. The van der Waals surface area contributed by atoms with Crippen LogP contribution in [-0.2, 0) is 12.8 Å². The Morgan fingerprint density at radius 1 is 0.880 bits per heavy atom. The lowest BCUT2D eigenvalue weighted by Crippen LogP contribution is -2.09. The van der Waals surface area contributed by atoms with Crippen LogP contribution in [0.2, 0.25) is 5.02 Å². The van der Waals surface area contributed by atoms with Crippen molar-refractivity contribution in [2.75, 3.05) is 0 Å². The first-order valence-corrected chi connectivity index (χ1v) is 9.14. The SMILES string of the molecule is Cc1cnc(-c2ccc(Cl)cc2)cc1-c1ccc2c(c1)CC(C)(C)C2. The van der Waals surface area contributed by atoms with Gasteiger partial charge in [-0.25, -0.2) is 0 Å². The monoisotopic (exact) mass is 347 g/mol. The molecular formula is C23H22ClN. The highest BCUT2D eigenvalue weighted by atomic mass is 35.5. The zero-order valence-electron chi connectivity index (χ0n) is 14.9. The van der Waals surface area contributed by atoms with Crippen molar-refractivity contribution in [3.8, 4) is 22.4 Å². The molecule has 0 saturated carbocycles. The Kier molecular flexibility index (Phi) is 3.92. The fraction of sp³-hybridized carbons (Fsp3) is 0.261. The molecule has 25 heavy (non-hydrogen) atoms. The lowest BCUT2D eigenvalue weighted by atomic mass is 9.90. The highest BCUT2D eigenvalue weighted by molar-refractivity contribution is 6.30. The van der Waals surface area contributed by atoms with Gasteiger partial charge in [-0.2, -0.15) is 0 Å². The molecule has 3 aromatic rings. The maximum atomic E-state index is 6.01. The summed E-state index contributed by atoms with van der Waals surface area (Å²) in [6.07, 6.45) is 4.30. The van der Waals surface area contributed by atoms with Gasteiger partial charge in [0.1, 0.15) is 0 Å². The summed E-state index contributed by atoms with van der Waals surface area (Å²) in [6.45, 7) is 6.83. The molecule has 2 heteroatoms. The van der Waals surface area contributed by atoms with E-state index in [1.807, 2.05) is 30.5 Å². The normalized spacial score (nSPS) is 15.2. The van der Waals surface area contributed by atoms with Crippen molar-refractivity contribution in [3.05, 3.63) is 76.4 Å². The van der Waals surface area contributed by atoms with Crippen LogP contribution in [0, 0.1) is 12.3 Å². The van der Waals surface area contributed by atoms with Gasteiger partial charge in [0.2, 0.25) is 0 Å². The fourth-order valence-electron chi connectivity index (χ4n) is 3.84. The molecule has 126 valence electrons. The standard InChI is InChI=1S/C23H22ClN/c1-15-14-25-22(16-6-8-20(24)9-7-16)11-21(15)17-4-5-18-12-23(2,3)13-19(18)10-17/h4-11,14H,12-13H2,1-3H3. The third kappa shape index (κ3) is 3.21. The molecule has 1 aliphatic carbocycles. The number of hydrogen-bond donors (Lipinski definition) is 0. The average Bonchev–Trinajstić information content (AvgIpc) is 2.89. The van der Waals surface area contributed by atoms with E-state index in [0.717, 1.165) is 22.7 Å². The second kappa shape index (κ2) is 6.00. The summed E-state index contributed by atoms with van der Waals surface area (Å²) in [6, 6.07) is 17.0. The van der Waals surface area contributed by atoms with E-state index in [0.29, 0.717) is 5.41 Å². The Morgan fingerprint density at radius 3 is 2.32 bits per heavy atom. The summed E-state index contributed by atoms with van der Waals surface area (Å²) in [5, 5.41) is 0.748. The first kappa shape index (κ1) is 16.4. The number of aromatic nitrogens is 1. The summed E-state index contributed by atoms with van der Waals surface area (Å²) in [7, 11) is 0. The van der Waals surface area contributed by atoms with Crippen LogP contribution in [0.3, 0.4) is 0 Å². The molecule has 0 fully saturated rings. The largest absolute Gasteiger partial charge is 0.256 e. The molecule has 0 unspecified atom stereocenters. The van der Waals surface area contributed by atoms with Crippen LogP contribution < -0.4 is 0 Å². The topological polar surface area (TPSA) is 12.9 Å². The summed E-state index contributed by atoms with van der Waals surface area (Å²) in [4.78, 5) is 4.62. The molecule has 0 saturated heterocycles. The van der Waals surface area contributed by atoms with Gasteiger partial charge in [-0.3, -0.25) is 4.98 Å². The smallest absolute Gasteiger partial charge is 0.0708 e. The number of fused-ring (bicyclic) bond motifs is 1. The second-order valence-electron chi connectivity index (χ2n) is 7.89. The maximum absolute atomic E-state index is 6.01. The van der Waals surface area contributed by atoms with Crippen molar-refractivity contribution in [2.24, 2.45) is 5.41 Å². The molecule has 0 bridgehead atoms. The Balaban J connectivity index is 1.76. The Bertz CT molecular complexity index is 939. The minimum Gasteiger partial charge on any atom is -0.256 e. The van der Waals surface area contributed by atoms with Crippen molar-refractivity contribution in [1.29, 1.82) is 0 Å². The number of benzene rings is 2. The molecular weight excluding hydrogens is 326 g/mol. The predicted octanol–water partition coefficient (Wildman–Crippen LogP) is 6.50. The number of rotatable bonds is 2. The molecule has 0 aliphatic heterocycles. The molecule has 1 nitrogen and oxygen atoms in total. The summed E-state index contributed by atoms with van der Waals surface area (Å²) in [5.74, 6) is 0. The number of halogens is 1. The van der Waals surface area contributed by atoms with E-state index in [9.17, 15) is 0 Å². The van der Waals surface area contributed by atoms with Crippen LogP contribution >= 0.6 is 11.6 Å². The Morgan fingerprint density at radius 2 is 1.56 bits per heavy atom. The lowest BCUT2D eigenvalue weighted by Gasteiger charge is -2.14. The van der Waals surface area contributed by atoms with Crippen molar-refractivity contribution in [2.45, 2.75) is 33.6 Å². The van der Waals surface area contributed by atoms with E-state index < -0.39 is 0 Å². The molecule has 2 aromatic carbocycles. The first-order chi connectivity index (χ1) is 11.9. The number of pyridine rings is 1. The van der Waals surface area contributed by atoms with Crippen LogP contribution in [0.1, 0.15) is 30.5 Å². The number of nitrogens with zero attached hydrogens (tertiary/aromatic N) is 1. The van der Waals surface area contributed by atoms with Crippen molar-refractivity contribution in [1.82, 2.24) is 4.98 Å². The van der Waals surface area contributed by atoms with Gasteiger partial charge in [0, 0.05) is 16.8 Å². The van der Waals surface area contributed by atoms with Gasteiger partial charge < -0.3 is 0 Å². The summed E-state index contributed by atoms with van der Waals surface area (Å²) < 4.78 is 0. The molecule has 0 atom stereocenters. The van der Waals surface area contributed by atoms with Crippen LogP contribution in [-0.4, -0.2) is 4.98 Å². The van der Waals surface area contributed by atoms with Crippen LogP contribution in [0.25, 0.3) is 22.4 Å². The quantitative estimate of drug-likeness (QED) is 0.515. The van der Waals surface area contributed by atoms with Crippen molar-refractivity contribution < 1.29 is 0 Å².